The molecule has 0 saturated carbocycles. The van der Waals surface area contributed by atoms with Crippen LogP contribution < -0.4 is 0 Å². The van der Waals surface area contributed by atoms with Gasteiger partial charge in [0.15, 0.2) is 0 Å². The monoisotopic (exact) mass is 214 g/mol. The molecule has 0 aromatic carbocycles. The number of hydrogen-bond acceptors (Lipinski definition) is 2. The molecule has 0 unspecified atom stereocenters. The van der Waals surface area contributed by atoms with Gasteiger partial charge < -0.3 is 0 Å². The van der Waals surface area contributed by atoms with Crippen LogP contribution >= 0.6 is 0 Å². The van der Waals surface area contributed by atoms with E-state index in [1.807, 2.05) is 36.4 Å². The summed E-state index contributed by atoms with van der Waals surface area (Å²) in [6, 6.07) is 11.6. The maximum atomic E-state index is 4.19. The van der Waals surface area contributed by atoms with E-state index < -0.39 is 0 Å². The Morgan fingerprint density at radius 1 is 0.692 bits per heavy atom. The van der Waals surface area contributed by atoms with Crippen molar-refractivity contribution < 1.29 is 16.5 Å². The summed E-state index contributed by atoms with van der Waals surface area (Å²) in [5.74, 6) is 0. The summed E-state index contributed by atoms with van der Waals surface area (Å²) in [6.45, 7) is 0. The summed E-state index contributed by atoms with van der Waals surface area (Å²) in [5, 5.41) is 0. The van der Waals surface area contributed by atoms with Gasteiger partial charge in [0.2, 0.25) is 0 Å². The van der Waals surface area contributed by atoms with E-state index in [1.165, 1.54) is 0 Å². The number of pyridine rings is 2. The van der Waals surface area contributed by atoms with E-state index in [0.29, 0.717) is 0 Å². The molecule has 0 N–H and O–H groups in total. The Labute approximate surface area is 87.0 Å². The second-order valence-electron chi connectivity index (χ2n) is 2.43. The number of nitrogens with zero attached hydrogens (tertiary/aromatic N) is 2. The Kier molecular flexibility index (Phi) is 3.59. The van der Waals surface area contributed by atoms with Crippen LogP contribution in [0.1, 0.15) is 0 Å². The quantitative estimate of drug-likeness (QED) is 0.680. The van der Waals surface area contributed by atoms with Crippen molar-refractivity contribution in [1.29, 1.82) is 0 Å². The first kappa shape index (κ1) is 9.88. The maximum Gasteiger partial charge on any atom is 0.0886 e. The van der Waals surface area contributed by atoms with E-state index in [1.54, 1.807) is 12.4 Å². The van der Waals surface area contributed by atoms with Gasteiger partial charge in [-0.1, -0.05) is 12.1 Å². The van der Waals surface area contributed by atoms with E-state index in [2.05, 4.69) is 9.97 Å². The van der Waals surface area contributed by atoms with Crippen LogP contribution in [-0.4, -0.2) is 9.97 Å². The minimum absolute atomic E-state index is 0. The molecule has 2 aromatic rings. The standard InChI is InChI=1S/C10H8N2.Ni/c1-3-7-11-9(5-1)10-6-2-4-8-12-10;/h1-8H;. The first-order chi connectivity index (χ1) is 5.97. The molecule has 2 nitrogen and oxygen atoms in total. The molecular weight excluding hydrogens is 207 g/mol. The Bertz CT molecular complexity index is 310. The van der Waals surface area contributed by atoms with Gasteiger partial charge >= 0.3 is 0 Å². The van der Waals surface area contributed by atoms with Crippen LogP contribution in [-0.2, 0) is 16.5 Å². The Morgan fingerprint density at radius 2 is 1.15 bits per heavy atom. The smallest absolute Gasteiger partial charge is 0.0886 e. The molecule has 0 saturated heterocycles. The predicted octanol–water partition coefficient (Wildman–Crippen LogP) is 2.14. The fraction of sp³-hybridized carbons (Fsp3) is 0. The average molecular weight is 215 g/mol. The SMILES string of the molecule is [Ni].c1ccc(-c2ccccn2)nc1. The molecule has 3 heteroatoms. The topological polar surface area (TPSA) is 25.8 Å². The molecule has 0 radical (unpaired) electrons. The van der Waals surface area contributed by atoms with Crippen LogP contribution in [0.3, 0.4) is 0 Å². The van der Waals surface area contributed by atoms with Gasteiger partial charge in [-0.3, -0.25) is 9.97 Å². The molecule has 0 aliphatic carbocycles. The zero-order valence-corrected chi connectivity index (χ0v) is 7.82. The second-order valence-corrected chi connectivity index (χ2v) is 2.43. The first-order valence-electron chi connectivity index (χ1n) is 3.79. The molecule has 68 valence electrons. The predicted molar refractivity (Wildman–Crippen MR) is 47.5 cm³/mol. The van der Waals surface area contributed by atoms with Gasteiger partial charge in [-0.15, -0.1) is 0 Å². The summed E-state index contributed by atoms with van der Waals surface area (Å²) in [7, 11) is 0. The first-order valence-corrected chi connectivity index (χ1v) is 3.79. The van der Waals surface area contributed by atoms with E-state index in [4.69, 9.17) is 0 Å². The third-order valence-electron chi connectivity index (χ3n) is 1.59. The van der Waals surface area contributed by atoms with Crippen LogP contribution in [0.2, 0.25) is 0 Å². The maximum absolute atomic E-state index is 4.19. The zero-order chi connectivity index (χ0) is 8.23. The fourth-order valence-corrected chi connectivity index (χ4v) is 1.03. The van der Waals surface area contributed by atoms with Gasteiger partial charge in [0, 0.05) is 28.9 Å². The summed E-state index contributed by atoms with van der Waals surface area (Å²) in [5.41, 5.74) is 1.83. The molecular formula is C10H8N2Ni. The van der Waals surface area contributed by atoms with Gasteiger partial charge in [0.05, 0.1) is 11.4 Å². The molecule has 2 aromatic heterocycles. The van der Waals surface area contributed by atoms with E-state index in [-0.39, 0.29) is 16.5 Å². The van der Waals surface area contributed by atoms with E-state index in [9.17, 15) is 0 Å². The Balaban J connectivity index is 0.000000845. The third-order valence-corrected chi connectivity index (χ3v) is 1.59. The van der Waals surface area contributed by atoms with Crippen LogP contribution in [0.25, 0.3) is 11.4 Å². The van der Waals surface area contributed by atoms with Crippen molar-refractivity contribution in [3.8, 4) is 11.4 Å². The zero-order valence-electron chi connectivity index (χ0n) is 6.83. The van der Waals surface area contributed by atoms with Gasteiger partial charge in [0.25, 0.3) is 0 Å². The number of aromatic nitrogens is 2. The number of rotatable bonds is 1. The van der Waals surface area contributed by atoms with Gasteiger partial charge in [0.1, 0.15) is 0 Å². The molecule has 0 spiro atoms. The summed E-state index contributed by atoms with van der Waals surface area (Å²) >= 11 is 0. The summed E-state index contributed by atoms with van der Waals surface area (Å²) in [4.78, 5) is 8.37. The average Bonchev–Trinajstić information content (AvgIpc) is 2.21. The normalized spacial score (nSPS) is 8.92. The van der Waals surface area contributed by atoms with Crippen molar-refractivity contribution in [2.75, 3.05) is 0 Å². The molecule has 0 bridgehead atoms. The summed E-state index contributed by atoms with van der Waals surface area (Å²) in [6.07, 6.45) is 3.54. The molecule has 0 aliphatic heterocycles. The van der Waals surface area contributed by atoms with Crippen molar-refractivity contribution in [1.82, 2.24) is 9.97 Å². The van der Waals surface area contributed by atoms with Crippen LogP contribution in [0.15, 0.2) is 48.8 Å². The Hall–Kier alpha value is -1.21. The van der Waals surface area contributed by atoms with Crippen LogP contribution in [0.4, 0.5) is 0 Å². The van der Waals surface area contributed by atoms with Crippen LogP contribution in [0, 0.1) is 0 Å². The molecule has 0 aliphatic rings. The van der Waals surface area contributed by atoms with Crippen molar-refractivity contribution in [3.63, 3.8) is 0 Å². The van der Waals surface area contributed by atoms with Gasteiger partial charge in [-0.2, -0.15) is 0 Å². The summed E-state index contributed by atoms with van der Waals surface area (Å²) < 4.78 is 0. The molecule has 0 amide bonds. The Morgan fingerprint density at radius 3 is 1.46 bits per heavy atom. The van der Waals surface area contributed by atoms with Crippen molar-refractivity contribution >= 4 is 0 Å². The van der Waals surface area contributed by atoms with E-state index in [0.717, 1.165) is 11.4 Å². The van der Waals surface area contributed by atoms with E-state index >= 15 is 0 Å². The van der Waals surface area contributed by atoms with Crippen molar-refractivity contribution in [3.05, 3.63) is 48.8 Å². The molecule has 2 rings (SSSR count). The fourth-order valence-electron chi connectivity index (χ4n) is 1.03. The second kappa shape index (κ2) is 4.73. The molecule has 0 fully saturated rings. The third kappa shape index (κ3) is 2.36. The van der Waals surface area contributed by atoms with Crippen molar-refractivity contribution in [2.45, 2.75) is 0 Å². The molecule has 2 heterocycles. The van der Waals surface area contributed by atoms with Crippen molar-refractivity contribution in [2.24, 2.45) is 0 Å². The molecule has 13 heavy (non-hydrogen) atoms. The minimum atomic E-state index is 0. The minimum Gasteiger partial charge on any atom is -0.255 e. The van der Waals surface area contributed by atoms with Gasteiger partial charge in [-0.25, -0.2) is 0 Å². The van der Waals surface area contributed by atoms with Crippen LogP contribution in [0.5, 0.6) is 0 Å². The van der Waals surface area contributed by atoms with Gasteiger partial charge in [-0.05, 0) is 24.3 Å². The molecule has 0 atom stereocenters. The largest absolute Gasteiger partial charge is 0.255 e. The number of hydrogen-bond donors (Lipinski definition) is 0.